The number of hydrogen-bond donors (Lipinski definition) is 0. The number of benzene rings is 2. The van der Waals surface area contributed by atoms with Gasteiger partial charge in [-0.1, -0.05) is 52.3 Å². The Kier molecular flexibility index (Phi) is 5.66. The van der Waals surface area contributed by atoms with E-state index >= 15 is 0 Å². The maximum absolute atomic E-state index is 6.19. The van der Waals surface area contributed by atoms with E-state index in [0.717, 1.165) is 28.7 Å². The van der Waals surface area contributed by atoms with Crippen molar-refractivity contribution >= 4 is 35.0 Å². The lowest BCUT2D eigenvalue weighted by Crippen LogP contribution is -2.00. The van der Waals surface area contributed by atoms with Gasteiger partial charge in [-0.3, -0.25) is 0 Å². The molecule has 0 bridgehead atoms. The lowest BCUT2D eigenvalue weighted by Gasteiger charge is -2.06. The third kappa shape index (κ3) is 3.92. The highest BCUT2D eigenvalue weighted by Gasteiger charge is 2.16. The van der Waals surface area contributed by atoms with Crippen LogP contribution in [0.1, 0.15) is 12.7 Å². The molecule has 2 aromatic heterocycles. The van der Waals surface area contributed by atoms with Crippen molar-refractivity contribution in [3.8, 4) is 22.8 Å². The Labute approximate surface area is 175 Å². The van der Waals surface area contributed by atoms with Gasteiger partial charge in [-0.25, -0.2) is 0 Å². The largest absolute Gasteiger partial charge is 0.334 e. The SMILES string of the molecule is CCn1c(SCc2noc(-c3ccccc3Cl)n2)nnc1-c1ccc(Cl)cc1. The molecule has 0 unspecified atom stereocenters. The summed E-state index contributed by atoms with van der Waals surface area (Å²) in [5, 5.41) is 14.7. The average molecular weight is 432 g/mol. The first-order chi connectivity index (χ1) is 13.7. The Bertz CT molecular complexity index is 1090. The zero-order valence-electron chi connectivity index (χ0n) is 14.8. The summed E-state index contributed by atoms with van der Waals surface area (Å²) in [5.74, 6) is 2.28. The highest BCUT2D eigenvalue weighted by atomic mass is 35.5. The van der Waals surface area contributed by atoms with E-state index in [0.29, 0.717) is 27.5 Å². The van der Waals surface area contributed by atoms with Gasteiger partial charge in [0.05, 0.1) is 16.3 Å². The van der Waals surface area contributed by atoms with Crippen molar-refractivity contribution in [2.45, 2.75) is 24.4 Å². The van der Waals surface area contributed by atoms with Gasteiger partial charge in [0.2, 0.25) is 0 Å². The van der Waals surface area contributed by atoms with Gasteiger partial charge in [0.25, 0.3) is 5.89 Å². The Morgan fingerprint density at radius 1 is 1.04 bits per heavy atom. The molecule has 2 aromatic carbocycles. The van der Waals surface area contributed by atoms with Crippen LogP contribution in [0.2, 0.25) is 10.0 Å². The van der Waals surface area contributed by atoms with E-state index in [1.165, 1.54) is 11.8 Å². The first kappa shape index (κ1) is 19.0. The minimum Gasteiger partial charge on any atom is -0.334 e. The molecule has 6 nitrogen and oxygen atoms in total. The molecule has 0 aliphatic heterocycles. The highest BCUT2D eigenvalue weighted by molar-refractivity contribution is 7.98. The molecule has 0 N–H and O–H groups in total. The van der Waals surface area contributed by atoms with E-state index < -0.39 is 0 Å². The molecule has 0 fully saturated rings. The summed E-state index contributed by atoms with van der Waals surface area (Å²) < 4.78 is 7.39. The van der Waals surface area contributed by atoms with Crippen LogP contribution in [-0.2, 0) is 12.3 Å². The van der Waals surface area contributed by atoms with Crippen molar-refractivity contribution < 1.29 is 4.52 Å². The molecular weight excluding hydrogens is 417 g/mol. The molecule has 142 valence electrons. The summed E-state index contributed by atoms with van der Waals surface area (Å²) >= 11 is 13.7. The molecule has 0 amide bonds. The number of nitrogens with zero attached hydrogens (tertiary/aromatic N) is 5. The first-order valence-electron chi connectivity index (χ1n) is 8.55. The normalized spacial score (nSPS) is 11.1. The molecule has 4 aromatic rings. The van der Waals surface area contributed by atoms with E-state index in [-0.39, 0.29) is 0 Å². The quantitative estimate of drug-likeness (QED) is 0.369. The summed E-state index contributed by atoms with van der Waals surface area (Å²) in [7, 11) is 0. The Balaban J connectivity index is 1.51. The maximum atomic E-state index is 6.19. The van der Waals surface area contributed by atoms with E-state index in [1.54, 1.807) is 6.07 Å². The molecule has 0 aliphatic rings. The predicted octanol–water partition coefficient (Wildman–Crippen LogP) is 5.61. The number of aromatic nitrogens is 5. The summed E-state index contributed by atoms with van der Waals surface area (Å²) in [5.41, 5.74) is 1.68. The van der Waals surface area contributed by atoms with E-state index in [9.17, 15) is 0 Å². The van der Waals surface area contributed by atoms with Crippen LogP contribution in [0.5, 0.6) is 0 Å². The van der Waals surface area contributed by atoms with Gasteiger partial charge in [0.1, 0.15) is 0 Å². The number of rotatable bonds is 6. The van der Waals surface area contributed by atoms with Crippen LogP contribution in [0.25, 0.3) is 22.8 Å². The van der Waals surface area contributed by atoms with Crippen molar-refractivity contribution in [1.29, 1.82) is 0 Å². The molecule has 2 heterocycles. The van der Waals surface area contributed by atoms with Gasteiger partial charge < -0.3 is 9.09 Å². The minimum atomic E-state index is 0.403. The van der Waals surface area contributed by atoms with Gasteiger partial charge in [-0.05, 0) is 43.3 Å². The van der Waals surface area contributed by atoms with Crippen LogP contribution in [-0.4, -0.2) is 24.9 Å². The van der Waals surface area contributed by atoms with Gasteiger partial charge in [0.15, 0.2) is 16.8 Å². The second-order valence-corrected chi connectivity index (χ2v) is 7.63. The molecule has 0 aliphatic carbocycles. The van der Waals surface area contributed by atoms with E-state index in [2.05, 4.69) is 27.3 Å². The second kappa shape index (κ2) is 8.34. The van der Waals surface area contributed by atoms with Crippen molar-refractivity contribution in [2.24, 2.45) is 0 Å². The third-order valence-corrected chi connectivity index (χ3v) is 5.58. The number of halogens is 2. The van der Waals surface area contributed by atoms with E-state index in [4.69, 9.17) is 27.7 Å². The van der Waals surface area contributed by atoms with Crippen molar-refractivity contribution in [2.75, 3.05) is 0 Å². The fourth-order valence-electron chi connectivity index (χ4n) is 2.68. The second-order valence-electron chi connectivity index (χ2n) is 5.84. The zero-order valence-corrected chi connectivity index (χ0v) is 17.2. The lowest BCUT2D eigenvalue weighted by molar-refractivity contribution is 0.425. The zero-order chi connectivity index (χ0) is 19.5. The molecule has 9 heteroatoms. The molecule has 4 rings (SSSR count). The summed E-state index contributed by atoms with van der Waals surface area (Å²) in [6.45, 7) is 2.79. The van der Waals surface area contributed by atoms with Crippen LogP contribution in [0, 0.1) is 0 Å². The molecular formula is C19H15Cl2N5OS. The minimum absolute atomic E-state index is 0.403. The van der Waals surface area contributed by atoms with Crippen molar-refractivity contribution in [3.63, 3.8) is 0 Å². The van der Waals surface area contributed by atoms with Gasteiger partial charge in [0, 0.05) is 17.1 Å². The molecule has 0 atom stereocenters. The van der Waals surface area contributed by atoms with Crippen molar-refractivity contribution in [1.82, 2.24) is 24.9 Å². The van der Waals surface area contributed by atoms with Crippen LogP contribution >= 0.6 is 35.0 Å². The number of thioether (sulfide) groups is 1. The average Bonchev–Trinajstić information content (AvgIpc) is 3.34. The Hall–Kier alpha value is -2.35. The van der Waals surface area contributed by atoms with Crippen LogP contribution in [0.3, 0.4) is 0 Å². The Morgan fingerprint density at radius 2 is 1.82 bits per heavy atom. The van der Waals surface area contributed by atoms with Gasteiger partial charge in [-0.15, -0.1) is 10.2 Å². The van der Waals surface area contributed by atoms with Gasteiger partial charge >= 0.3 is 0 Å². The van der Waals surface area contributed by atoms with Crippen molar-refractivity contribution in [3.05, 3.63) is 64.4 Å². The maximum Gasteiger partial charge on any atom is 0.259 e. The smallest absolute Gasteiger partial charge is 0.259 e. The van der Waals surface area contributed by atoms with Gasteiger partial charge in [-0.2, -0.15) is 4.98 Å². The van der Waals surface area contributed by atoms with Crippen LogP contribution in [0.4, 0.5) is 0 Å². The fourth-order valence-corrected chi connectivity index (χ4v) is 3.87. The fraction of sp³-hybridized carbons (Fsp3) is 0.158. The monoisotopic (exact) mass is 431 g/mol. The molecule has 0 spiro atoms. The summed E-state index contributed by atoms with van der Waals surface area (Å²) in [6.07, 6.45) is 0. The third-order valence-electron chi connectivity index (χ3n) is 4.04. The molecule has 0 saturated carbocycles. The molecule has 28 heavy (non-hydrogen) atoms. The topological polar surface area (TPSA) is 69.6 Å². The Morgan fingerprint density at radius 3 is 2.57 bits per heavy atom. The highest BCUT2D eigenvalue weighted by Crippen LogP contribution is 2.29. The van der Waals surface area contributed by atoms with Crippen LogP contribution in [0.15, 0.2) is 58.2 Å². The predicted molar refractivity (Wildman–Crippen MR) is 110 cm³/mol. The summed E-state index contributed by atoms with van der Waals surface area (Å²) in [6, 6.07) is 14.9. The van der Waals surface area contributed by atoms with E-state index in [1.807, 2.05) is 47.0 Å². The molecule has 0 radical (unpaired) electrons. The summed E-state index contributed by atoms with van der Waals surface area (Å²) in [4.78, 5) is 4.43. The number of hydrogen-bond acceptors (Lipinski definition) is 6. The standard InChI is InChI=1S/C19H15Cl2N5OS/c1-2-26-17(12-7-9-13(20)10-8-12)23-24-19(26)28-11-16-22-18(27-25-16)14-5-3-4-6-15(14)21/h3-10H,2,11H2,1H3. The lowest BCUT2D eigenvalue weighted by atomic mass is 10.2. The first-order valence-corrected chi connectivity index (χ1v) is 10.3. The molecule has 0 saturated heterocycles. The van der Waals surface area contributed by atoms with Crippen LogP contribution < -0.4 is 0 Å².